The van der Waals surface area contributed by atoms with Gasteiger partial charge in [-0.25, -0.2) is 17.9 Å². The maximum absolute atomic E-state index is 12.1. The minimum Gasteiger partial charge on any atom is -0.457 e. The Morgan fingerprint density at radius 2 is 2.00 bits per heavy atom. The highest BCUT2D eigenvalue weighted by Gasteiger charge is 2.28. The van der Waals surface area contributed by atoms with Gasteiger partial charge in [-0.1, -0.05) is 11.3 Å². The number of carbonyl (C=O) groups is 1. The van der Waals surface area contributed by atoms with Gasteiger partial charge in [0.25, 0.3) is 0 Å². The molecule has 0 amide bonds. The number of thiophene rings is 1. The quantitative estimate of drug-likeness (QED) is 0.447. The molecule has 1 fully saturated rings. The molecule has 0 atom stereocenters. The third-order valence-corrected chi connectivity index (χ3v) is 5.95. The fourth-order valence-corrected chi connectivity index (χ4v) is 4.04. The molecule has 1 aromatic heterocycles. The number of nitrogens with one attached hydrogen (secondary N) is 1. The number of carbonyl (C=O) groups excluding carboxylic acids is 1. The largest absolute Gasteiger partial charge is 0.457 e. The highest BCUT2D eigenvalue weighted by Crippen LogP contribution is 2.24. The van der Waals surface area contributed by atoms with Crippen molar-refractivity contribution in [1.29, 1.82) is 0 Å². The van der Waals surface area contributed by atoms with E-state index in [1.807, 2.05) is 0 Å². The summed E-state index contributed by atoms with van der Waals surface area (Å²) in [4.78, 5) is 22.2. The summed E-state index contributed by atoms with van der Waals surface area (Å²) in [6.45, 7) is -0.0908. The first-order valence-corrected chi connectivity index (χ1v) is 9.73. The first kappa shape index (κ1) is 17.5. The Hall–Kier alpha value is -2.30. The van der Waals surface area contributed by atoms with E-state index in [-0.39, 0.29) is 28.1 Å². The maximum Gasteiger partial charge on any atom is 0.338 e. The van der Waals surface area contributed by atoms with Crippen LogP contribution in [0.25, 0.3) is 0 Å². The van der Waals surface area contributed by atoms with Gasteiger partial charge in [0.2, 0.25) is 10.0 Å². The Bertz CT molecular complexity index is 900. The summed E-state index contributed by atoms with van der Waals surface area (Å²) in [5.74, 6) is -0.632. The summed E-state index contributed by atoms with van der Waals surface area (Å²) in [7, 11) is -3.56. The molecule has 0 radical (unpaired) electrons. The lowest BCUT2D eigenvalue weighted by Gasteiger charge is -2.07. The molecule has 1 aromatic carbocycles. The first-order valence-electron chi connectivity index (χ1n) is 7.36. The van der Waals surface area contributed by atoms with E-state index >= 15 is 0 Å². The van der Waals surface area contributed by atoms with Crippen molar-refractivity contribution in [3.05, 3.63) is 57.0 Å². The van der Waals surface area contributed by atoms with E-state index in [0.29, 0.717) is 5.56 Å². The smallest absolute Gasteiger partial charge is 0.338 e. The highest BCUT2D eigenvalue weighted by atomic mass is 32.2. The summed E-state index contributed by atoms with van der Waals surface area (Å²) in [6, 6.07) is 6.79. The van der Waals surface area contributed by atoms with E-state index in [1.165, 1.54) is 30.3 Å². The molecule has 0 aliphatic heterocycles. The lowest BCUT2D eigenvalue weighted by molar-refractivity contribution is -0.380. The highest BCUT2D eigenvalue weighted by molar-refractivity contribution is 7.89. The molecule has 3 rings (SSSR count). The molecule has 0 saturated heterocycles. The molecule has 0 bridgehead atoms. The number of nitro groups is 1. The molecule has 1 aliphatic carbocycles. The molecular weight excluding hydrogens is 368 g/mol. The van der Waals surface area contributed by atoms with Gasteiger partial charge >= 0.3 is 11.0 Å². The van der Waals surface area contributed by atoms with Crippen LogP contribution in [0.5, 0.6) is 0 Å². The lowest BCUT2D eigenvalue weighted by atomic mass is 10.2. The van der Waals surface area contributed by atoms with Gasteiger partial charge < -0.3 is 4.74 Å². The molecule has 8 nitrogen and oxygen atoms in total. The fraction of sp³-hybridized carbons (Fsp3) is 0.267. The van der Waals surface area contributed by atoms with Gasteiger partial charge in [0.15, 0.2) is 0 Å². The fourth-order valence-electron chi connectivity index (χ4n) is 2.03. The predicted molar refractivity (Wildman–Crippen MR) is 89.9 cm³/mol. The predicted octanol–water partition coefficient (Wildman–Crippen LogP) is 2.45. The molecule has 1 heterocycles. The maximum atomic E-state index is 12.1. The lowest BCUT2D eigenvalue weighted by Crippen LogP contribution is -2.25. The van der Waals surface area contributed by atoms with Gasteiger partial charge in [0.1, 0.15) is 6.61 Å². The third kappa shape index (κ3) is 4.41. The molecule has 132 valence electrons. The number of benzene rings is 1. The van der Waals surface area contributed by atoms with Crippen molar-refractivity contribution >= 4 is 32.3 Å². The molecule has 1 aliphatic rings. The number of sulfonamides is 1. The van der Waals surface area contributed by atoms with Crippen LogP contribution in [0, 0.1) is 10.1 Å². The van der Waals surface area contributed by atoms with Crippen LogP contribution in [0.1, 0.15) is 28.8 Å². The standard InChI is InChI=1S/C15H14N2O6S2/c18-15(23-8-10-7-14(17(19)20)24-9-10)11-1-5-13(6-2-11)25(21,22)16-12-3-4-12/h1-2,5-7,9,12,16H,3-4,8H2. The first-order chi connectivity index (χ1) is 11.8. The van der Waals surface area contributed by atoms with E-state index < -0.39 is 20.9 Å². The minimum atomic E-state index is -3.56. The molecule has 10 heteroatoms. The van der Waals surface area contributed by atoms with Crippen molar-refractivity contribution in [2.45, 2.75) is 30.4 Å². The van der Waals surface area contributed by atoms with Crippen LogP contribution >= 0.6 is 11.3 Å². The third-order valence-electron chi connectivity index (χ3n) is 3.49. The van der Waals surface area contributed by atoms with Crippen LogP contribution in [0.15, 0.2) is 40.6 Å². The normalized spacial score (nSPS) is 14.2. The van der Waals surface area contributed by atoms with E-state index in [0.717, 1.165) is 24.2 Å². The number of hydrogen-bond donors (Lipinski definition) is 1. The van der Waals surface area contributed by atoms with Gasteiger partial charge in [0, 0.05) is 23.1 Å². The van der Waals surface area contributed by atoms with E-state index in [9.17, 15) is 23.3 Å². The van der Waals surface area contributed by atoms with Gasteiger partial charge in [-0.2, -0.15) is 0 Å². The van der Waals surface area contributed by atoms with Crippen LogP contribution in [-0.2, 0) is 21.4 Å². The van der Waals surface area contributed by atoms with E-state index in [2.05, 4.69) is 4.72 Å². The van der Waals surface area contributed by atoms with E-state index in [1.54, 1.807) is 5.38 Å². The molecule has 1 N–H and O–H groups in total. The van der Waals surface area contributed by atoms with Crippen LogP contribution in [0.4, 0.5) is 5.00 Å². The zero-order chi connectivity index (χ0) is 18.0. The summed E-state index contributed by atoms with van der Waals surface area (Å²) in [6.07, 6.45) is 1.68. The Morgan fingerprint density at radius 3 is 2.56 bits per heavy atom. The zero-order valence-electron chi connectivity index (χ0n) is 12.9. The second kappa shape index (κ2) is 6.90. The minimum absolute atomic E-state index is 0.00399. The van der Waals surface area contributed by atoms with Gasteiger partial charge in [0.05, 0.1) is 15.4 Å². The van der Waals surface area contributed by atoms with Gasteiger partial charge in [-0.3, -0.25) is 10.1 Å². The monoisotopic (exact) mass is 382 g/mol. The summed E-state index contributed by atoms with van der Waals surface area (Å²) in [5, 5.41) is 12.1. The molecule has 25 heavy (non-hydrogen) atoms. The van der Waals surface area contributed by atoms with Gasteiger partial charge in [-0.05, 0) is 37.1 Å². The SMILES string of the molecule is O=C(OCc1csc([N+](=O)[O-])c1)c1ccc(S(=O)(=O)NC2CC2)cc1. The van der Waals surface area contributed by atoms with Crippen molar-refractivity contribution in [3.63, 3.8) is 0 Å². The topological polar surface area (TPSA) is 116 Å². The molecule has 0 unspecified atom stereocenters. The van der Waals surface area contributed by atoms with Crippen molar-refractivity contribution in [2.24, 2.45) is 0 Å². The number of rotatable bonds is 7. The number of hydrogen-bond acceptors (Lipinski definition) is 7. The van der Waals surface area contributed by atoms with Crippen LogP contribution in [-0.4, -0.2) is 25.4 Å². The number of esters is 1. The Balaban J connectivity index is 1.61. The molecule has 2 aromatic rings. The van der Waals surface area contributed by atoms with Crippen molar-refractivity contribution in [3.8, 4) is 0 Å². The Morgan fingerprint density at radius 1 is 1.32 bits per heavy atom. The van der Waals surface area contributed by atoms with Crippen LogP contribution < -0.4 is 4.72 Å². The van der Waals surface area contributed by atoms with Crippen molar-refractivity contribution in [1.82, 2.24) is 4.72 Å². The Kier molecular flexibility index (Phi) is 4.84. The Labute approximate surface area is 147 Å². The molecular formula is C15H14N2O6S2. The summed E-state index contributed by atoms with van der Waals surface area (Å²) < 4.78 is 31.7. The summed E-state index contributed by atoms with van der Waals surface area (Å²) >= 11 is 0.956. The molecule has 1 saturated carbocycles. The second-order valence-electron chi connectivity index (χ2n) is 5.55. The van der Waals surface area contributed by atoms with Crippen molar-refractivity contribution < 1.29 is 22.9 Å². The average molecular weight is 382 g/mol. The zero-order valence-corrected chi connectivity index (χ0v) is 14.5. The summed E-state index contributed by atoms with van der Waals surface area (Å²) in [5.41, 5.74) is 0.730. The van der Waals surface area contributed by atoms with Crippen LogP contribution in [0.2, 0.25) is 0 Å². The molecule has 0 spiro atoms. The average Bonchev–Trinajstić information content (AvgIpc) is 3.24. The van der Waals surface area contributed by atoms with Crippen molar-refractivity contribution in [2.75, 3.05) is 0 Å². The van der Waals surface area contributed by atoms with E-state index in [4.69, 9.17) is 4.74 Å². The number of ether oxygens (including phenoxy) is 1. The van der Waals surface area contributed by atoms with Gasteiger partial charge in [-0.15, -0.1) is 0 Å². The van der Waals surface area contributed by atoms with Crippen LogP contribution in [0.3, 0.4) is 0 Å². The second-order valence-corrected chi connectivity index (χ2v) is 8.15. The number of nitrogens with zero attached hydrogens (tertiary/aromatic N) is 1.